The van der Waals surface area contributed by atoms with E-state index in [0.29, 0.717) is 24.5 Å². The fourth-order valence-electron chi connectivity index (χ4n) is 3.17. The maximum Gasteiger partial charge on any atom is 0.323 e. The topological polar surface area (TPSA) is 70.7 Å². The largest absolute Gasteiger partial charge is 0.494 e. The molecule has 0 fully saturated rings. The number of nitrogens with zero attached hydrogens (tertiary/aromatic N) is 1. The summed E-state index contributed by atoms with van der Waals surface area (Å²) in [5, 5.41) is 5.64. The zero-order valence-corrected chi connectivity index (χ0v) is 16.8. The molecule has 0 unspecified atom stereocenters. The number of hydrogen-bond acceptors (Lipinski definition) is 3. The molecule has 0 spiro atoms. The average Bonchev–Trinajstić information content (AvgIpc) is 3.05. The number of rotatable bonds is 4. The number of carbonyl (C=O) groups excluding carboxylic acids is 2. The maximum absolute atomic E-state index is 12.7. The van der Waals surface area contributed by atoms with Crippen LogP contribution in [0, 0.1) is 5.41 Å². The third kappa shape index (κ3) is 4.44. The molecule has 0 aromatic heterocycles. The van der Waals surface area contributed by atoms with Gasteiger partial charge in [0.25, 0.3) is 0 Å². The minimum absolute atomic E-state index is 0.0854. The number of urea groups is 1. The zero-order valence-electron chi connectivity index (χ0n) is 16.8. The van der Waals surface area contributed by atoms with E-state index in [2.05, 4.69) is 10.6 Å². The van der Waals surface area contributed by atoms with Gasteiger partial charge in [0, 0.05) is 29.0 Å². The van der Waals surface area contributed by atoms with E-state index in [9.17, 15) is 9.59 Å². The molecule has 1 aliphatic heterocycles. The first-order valence-electron chi connectivity index (χ1n) is 9.53. The number of hydrogen-bond donors (Lipinski definition) is 2. The summed E-state index contributed by atoms with van der Waals surface area (Å²) in [4.78, 5) is 26.8. The molecule has 0 aliphatic carbocycles. The van der Waals surface area contributed by atoms with E-state index >= 15 is 0 Å². The first kappa shape index (κ1) is 19.7. The van der Waals surface area contributed by atoms with Crippen molar-refractivity contribution in [3.63, 3.8) is 0 Å². The molecule has 0 saturated heterocycles. The van der Waals surface area contributed by atoms with Gasteiger partial charge in [-0.2, -0.15) is 0 Å². The fourth-order valence-corrected chi connectivity index (χ4v) is 3.17. The Kier molecular flexibility index (Phi) is 5.58. The van der Waals surface area contributed by atoms with Crippen molar-refractivity contribution >= 4 is 29.0 Å². The Hall–Kier alpha value is -3.02. The van der Waals surface area contributed by atoms with Crippen LogP contribution in [0.3, 0.4) is 0 Å². The van der Waals surface area contributed by atoms with Crippen molar-refractivity contribution in [2.24, 2.45) is 5.41 Å². The smallest absolute Gasteiger partial charge is 0.323 e. The van der Waals surface area contributed by atoms with Crippen LogP contribution in [0.4, 0.5) is 21.9 Å². The van der Waals surface area contributed by atoms with Crippen LogP contribution in [0.5, 0.6) is 5.75 Å². The van der Waals surface area contributed by atoms with Gasteiger partial charge in [-0.05, 0) is 55.3 Å². The minimum Gasteiger partial charge on any atom is -0.494 e. The van der Waals surface area contributed by atoms with Crippen molar-refractivity contribution in [1.29, 1.82) is 0 Å². The number of anilines is 3. The van der Waals surface area contributed by atoms with Crippen molar-refractivity contribution in [2.75, 3.05) is 28.7 Å². The Morgan fingerprint density at radius 3 is 2.32 bits per heavy atom. The summed E-state index contributed by atoms with van der Waals surface area (Å²) in [5.74, 6) is 0.845. The highest BCUT2D eigenvalue weighted by atomic mass is 16.5. The van der Waals surface area contributed by atoms with Crippen LogP contribution >= 0.6 is 0 Å². The van der Waals surface area contributed by atoms with E-state index in [1.165, 1.54) is 0 Å². The van der Waals surface area contributed by atoms with Crippen molar-refractivity contribution in [3.05, 3.63) is 48.0 Å². The van der Waals surface area contributed by atoms with Gasteiger partial charge in [-0.25, -0.2) is 4.79 Å². The summed E-state index contributed by atoms with van der Waals surface area (Å²) >= 11 is 0. The van der Waals surface area contributed by atoms with Crippen LogP contribution in [0.2, 0.25) is 0 Å². The van der Waals surface area contributed by atoms with E-state index in [0.717, 1.165) is 23.4 Å². The lowest BCUT2D eigenvalue weighted by molar-refractivity contribution is -0.125. The predicted octanol–water partition coefficient (Wildman–Crippen LogP) is 4.66. The second-order valence-corrected chi connectivity index (χ2v) is 7.84. The van der Waals surface area contributed by atoms with Gasteiger partial charge in [0.15, 0.2) is 0 Å². The van der Waals surface area contributed by atoms with Gasteiger partial charge in [0.05, 0.1) is 6.61 Å². The third-order valence-corrected chi connectivity index (χ3v) is 4.55. The highest BCUT2D eigenvalue weighted by molar-refractivity contribution is 6.02. The molecule has 2 N–H and O–H groups in total. The molecule has 1 heterocycles. The van der Waals surface area contributed by atoms with E-state index in [1.54, 1.807) is 12.1 Å². The molecule has 28 heavy (non-hydrogen) atoms. The summed E-state index contributed by atoms with van der Waals surface area (Å²) in [5.41, 5.74) is 2.87. The van der Waals surface area contributed by atoms with Crippen LogP contribution < -0.4 is 20.3 Å². The number of amides is 3. The van der Waals surface area contributed by atoms with Gasteiger partial charge >= 0.3 is 6.03 Å². The Morgan fingerprint density at radius 1 is 1.04 bits per heavy atom. The molecule has 0 radical (unpaired) electrons. The monoisotopic (exact) mass is 381 g/mol. The lowest BCUT2D eigenvalue weighted by atomic mass is 9.94. The van der Waals surface area contributed by atoms with Crippen LogP contribution in [0.15, 0.2) is 42.5 Å². The Balaban J connectivity index is 1.68. The molecule has 0 atom stereocenters. The van der Waals surface area contributed by atoms with Gasteiger partial charge in [-0.15, -0.1) is 0 Å². The van der Waals surface area contributed by atoms with E-state index in [1.807, 2.05) is 62.9 Å². The maximum atomic E-state index is 12.7. The Morgan fingerprint density at radius 2 is 1.68 bits per heavy atom. The van der Waals surface area contributed by atoms with Crippen molar-refractivity contribution in [2.45, 2.75) is 34.1 Å². The minimum atomic E-state index is -0.448. The summed E-state index contributed by atoms with van der Waals surface area (Å²) in [6.45, 7) is 8.94. The number of fused-ring (bicyclic) bond motifs is 1. The molecule has 3 rings (SSSR count). The van der Waals surface area contributed by atoms with Gasteiger partial charge in [0.2, 0.25) is 5.91 Å². The first-order valence-corrected chi connectivity index (χ1v) is 9.53. The van der Waals surface area contributed by atoms with Gasteiger partial charge < -0.3 is 20.3 Å². The van der Waals surface area contributed by atoms with Crippen LogP contribution in [-0.2, 0) is 11.2 Å². The molecule has 148 valence electrons. The van der Waals surface area contributed by atoms with E-state index < -0.39 is 5.41 Å². The molecule has 0 bridgehead atoms. The summed E-state index contributed by atoms with van der Waals surface area (Å²) < 4.78 is 5.40. The predicted molar refractivity (Wildman–Crippen MR) is 112 cm³/mol. The Labute approximate surface area is 165 Å². The SMILES string of the molecule is CCOc1ccc(NC(=O)Nc2ccc3c(c2)N(C(=O)C(C)(C)C)CC3)cc1. The Bertz CT molecular complexity index is 870. The van der Waals surface area contributed by atoms with E-state index in [-0.39, 0.29) is 11.9 Å². The van der Waals surface area contributed by atoms with Crippen molar-refractivity contribution < 1.29 is 14.3 Å². The van der Waals surface area contributed by atoms with Crippen LogP contribution in [0.1, 0.15) is 33.3 Å². The van der Waals surface area contributed by atoms with Crippen LogP contribution in [0.25, 0.3) is 0 Å². The molecule has 2 aromatic carbocycles. The molecule has 3 amide bonds. The quantitative estimate of drug-likeness (QED) is 0.809. The van der Waals surface area contributed by atoms with Gasteiger partial charge in [-0.3, -0.25) is 4.79 Å². The molecule has 2 aromatic rings. The number of benzene rings is 2. The second kappa shape index (κ2) is 7.92. The molecule has 6 heteroatoms. The van der Waals surface area contributed by atoms with Gasteiger partial charge in [-0.1, -0.05) is 26.8 Å². The normalized spacial score (nSPS) is 13.1. The standard InChI is InChI=1S/C22H27N3O3/c1-5-28-18-10-8-16(9-11-18)23-21(27)24-17-7-6-15-12-13-25(19(15)14-17)20(26)22(2,3)4/h6-11,14H,5,12-13H2,1-4H3,(H2,23,24,27). The van der Waals surface area contributed by atoms with E-state index in [4.69, 9.17) is 4.74 Å². The summed E-state index contributed by atoms with van der Waals surface area (Å²) in [7, 11) is 0. The van der Waals surface area contributed by atoms with Gasteiger partial charge in [0.1, 0.15) is 5.75 Å². The average molecular weight is 381 g/mol. The number of carbonyl (C=O) groups is 2. The van der Waals surface area contributed by atoms with Crippen molar-refractivity contribution in [3.8, 4) is 5.75 Å². The highest BCUT2D eigenvalue weighted by Gasteiger charge is 2.32. The lowest BCUT2D eigenvalue weighted by Gasteiger charge is -2.26. The molecule has 0 saturated carbocycles. The summed E-state index contributed by atoms with van der Waals surface area (Å²) in [6.07, 6.45) is 0.829. The van der Waals surface area contributed by atoms with Crippen LogP contribution in [-0.4, -0.2) is 25.1 Å². The van der Waals surface area contributed by atoms with Crippen molar-refractivity contribution in [1.82, 2.24) is 0 Å². The molecule has 6 nitrogen and oxygen atoms in total. The number of ether oxygens (including phenoxy) is 1. The third-order valence-electron chi connectivity index (χ3n) is 4.55. The summed E-state index contributed by atoms with van der Waals surface area (Å²) in [6, 6.07) is 12.6. The first-order chi connectivity index (χ1) is 13.3. The molecule has 1 aliphatic rings. The second-order valence-electron chi connectivity index (χ2n) is 7.84. The zero-order chi connectivity index (χ0) is 20.3. The molecular weight excluding hydrogens is 354 g/mol. The fraction of sp³-hybridized carbons (Fsp3) is 0.364. The molecular formula is C22H27N3O3. The lowest BCUT2D eigenvalue weighted by Crippen LogP contribution is -2.38. The number of nitrogens with one attached hydrogen (secondary N) is 2. The highest BCUT2D eigenvalue weighted by Crippen LogP contribution is 2.34.